The molecule has 6 aliphatic rings. The molecule has 41 heteroatoms. The van der Waals surface area contributed by atoms with Gasteiger partial charge in [-0.2, -0.15) is 78.7 Å². The van der Waals surface area contributed by atoms with Gasteiger partial charge in [0.05, 0.1) is 116 Å². The lowest BCUT2D eigenvalue weighted by molar-refractivity contribution is -0.192. The number of piperazine rings is 3. The van der Waals surface area contributed by atoms with Gasteiger partial charge in [0.2, 0.25) is 17.4 Å². The molecule has 9 aromatic carbocycles. The standard InChI is InChI=1S/C36H39F3N8O4.C36H39N9O4.C36H42N8O5/c1-3-26(2)47-34(48)45(25-42-47)31-10-8-29(9-11-31)43-18-20-44(21-19-43)30-12-14-32(15-13-30)49-22-33-23-50-35(51-33,24-46-40-16-17-41-46)27-4-6-28(7-5-27)36(37,38)39;1-3-27(2)45-35(46)43(26-40-45)32-10-8-30(9-11-32)41-18-20-42(21-19-41)31-12-14-33(15-13-31)47-23-34-24-48-36(49-34,25-44-38-16-17-39-44)29-6-4-28(22-37)5-7-29;1-4-27(2)44-35(45)42(26-39-44)31-9-7-29(8-10-31)40-19-21-41(22-20-40)30-11-15-33(16-12-30)47-23-34-24-48-36(49-34,25-43-37-17-18-38-43)28-5-13-32(46-3)14-6-28/h4-17,25-26,33H,3,18-24H2,1-2H3;4-17,26-27,34H,3,18-21,23-25H2,1-2H3;5-18,26-27,34H,4,19-25H2,1-3H3. The predicted octanol–water partition coefficient (Wildman–Crippen LogP) is 13.7. The van der Waals surface area contributed by atoms with Crippen molar-refractivity contribution in [1.82, 2.24) is 88.0 Å². The highest BCUT2D eigenvalue weighted by atomic mass is 19.4. The van der Waals surface area contributed by atoms with E-state index in [0.717, 1.165) is 189 Å². The lowest BCUT2D eigenvalue weighted by Gasteiger charge is -2.37. The van der Waals surface area contributed by atoms with Gasteiger partial charge in [0.1, 0.15) is 99.7 Å². The van der Waals surface area contributed by atoms with Gasteiger partial charge in [0.15, 0.2) is 0 Å². The molecule has 6 fully saturated rings. The molecule has 0 N–H and O–H groups in total. The van der Waals surface area contributed by atoms with Crippen molar-refractivity contribution in [3.05, 3.63) is 334 Å². The van der Waals surface area contributed by atoms with Gasteiger partial charge in [0, 0.05) is 129 Å². The summed E-state index contributed by atoms with van der Waals surface area (Å²) in [7, 11) is 1.64. The molecule has 0 amide bonds. The van der Waals surface area contributed by atoms with Crippen molar-refractivity contribution in [2.75, 3.05) is 155 Å². The molecule has 9 unspecified atom stereocenters. The number of nitrogens with zero attached hydrogens (tertiary/aromatic N) is 25. The predicted molar refractivity (Wildman–Crippen MR) is 551 cm³/mol. The van der Waals surface area contributed by atoms with Gasteiger partial charge in [-0.15, -0.1) is 0 Å². The van der Waals surface area contributed by atoms with Crippen LogP contribution in [0.15, 0.2) is 289 Å². The first kappa shape index (κ1) is 102. The van der Waals surface area contributed by atoms with Crippen LogP contribution in [0.5, 0.6) is 23.0 Å². The Labute approximate surface area is 858 Å². The molecule has 15 aromatic rings. The van der Waals surface area contributed by atoms with Crippen molar-refractivity contribution in [2.45, 2.75) is 140 Å². The van der Waals surface area contributed by atoms with E-state index >= 15 is 0 Å². The van der Waals surface area contributed by atoms with Crippen LogP contribution in [0.25, 0.3) is 17.1 Å². The van der Waals surface area contributed by atoms with E-state index < -0.39 is 35.2 Å². The van der Waals surface area contributed by atoms with Gasteiger partial charge >= 0.3 is 23.2 Å². The minimum atomic E-state index is -4.45. The maximum absolute atomic E-state index is 13.2. The summed E-state index contributed by atoms with van der Waals surface area (Å²) in [6.45, 7) is 25.0. The van der Waals surface area contributed by atoms with E-state index in [4.69, 9.17) is 47.4 Å². The molecule has 0 radical (unpaired) electrons. The molecule has 0 spiro atoms. The zero-order valence-electron chi connectivity index (χ0n) is 84.0. The van der Waals surface area contributed by atoms with Gasteiger partial charge in [-0.05, 0) is 234 Å². The van der Waals surface area contributed by atoms with Crippen molar-refractivity contribution in [2.24, 2.45) is 0 Å². The Morgan fingerprint density at radius 3 is 0.819 bits per heavy atom. The van der Waals surface area contributed by atoms with Crippen LogP contribution in [0.1, 0.15) is 107 Å². The monoisotopic (exact) mass is 2030 g/mol. The number of benzene rings is 9. The Morgan fingerprint density at radius 1 is 0.342 bits per heavy atom. The molecule has 6 aliphatic heterocycles. The van der Waals surface area contributed by atoms with Crippen molar-refractivity contribution in [3.8, 4) is 46.1 Å². The SMILES string of the molecule is CCC(C)n1ncn(-c2ccc(N3CCN(c4ccc(OCC5COC(Cn6nccn6)(c6ccc(C#N)cc6)O5)cc4)CC3)cc2)c1=O.CCC(C)n1ncn(-c2ccc(N3CCN(c4ccc(OCC5COC(Cn6nccn6)(c6ccc(C(F)(F)F)cc6)O5)cc4)CC3)cc2)c1=O.CCC(C)n1ncn(-c2ccc(N3CCN(c4ccc(OCC5COC(Cn6nccn6)(c6ccc(OC)cc6)O5)cc4)CC3)cc2)c1=O. The van der Waals surface area contributed by atoms with Crippen molar-refractivity contribution in [3.63, 3.8) is 0 Å². The van der Waals surface area contributed by atoms with Gasteiger partial charge in [0.25, 0.3) is 0 Å². The van der Waals surface area contributed by atoms with E-state index in [1.54, 1.807) is 86.2 Å². The first-order valence-corrected chi connectivity index (χ1v) is 50.3. The van der Waals surface area contributed by atoms with Gasteiger partial charge < -0.3 is 76.8 Å². The number of rotatable bonds is 34. The van der Waals surface area contributed by atoms with Crippen LogP contribution in [-0.2, 0) is 71.6 Å². The molecule has 38 nitrogen and oxygen atoms in total. The van der Waals surface area contributed by atoms with E-state index in [2.05, 4.69) is 137 Å². The largest absolute Gasteiger partial charge is 0.497 e. The highest BCUT2D eigenvalue weighted by Crippen LogP contribution is 2.42. The number of nitriles is 1. The second kappa shape index (κ2) is 45.7. The Morgan fingerprint density at radius 2 is 0.577 bits per heavy atom. The van der Waals surface area contributed by atoms with Crippen LogP contribution in [0.2, 0.25) is 0 Å². The van der Waals surface area contributed by atoms with Crippen molar-refractivity contribution >= 4 is 34.1 Å². The smallest absolute Gasteiger partial charge is 0.416 e. The number of anilines is 6. The summed E-state index contributed by atoms with van der Waals surface area (Å²) in [4.78, 5) is 57.0. The van der Waals surface area contributed by atoms with E-state index in [-0.39, 0.29) is 73.7 Å². The average Bonchev–Trinajstić information content (AvgIpc) is 1.65. The number of aromatic nitrogens is 18. The fourth-order valence-corrected chi connectivity index (χ4v) is 18.9. The number of hydrogen-bond donors (Lipinski definition) is 0. The number of methoxy groups -OCH3 is 1. The van der Waals surface area contributed by atoms with E-state index in [0.29, 0.717) is 49.8 Å². The van der Waals surface area contributed by atoms with Crippen LogP contribution in [-0.4, -0.2) is 232 Å². The second-order valence-electron chi connectivity index (χ2n) is 37.4. The summed E-state index contributed by atoms with van der Waals surface area (Å²) in [5, 5.41) is 47.4. The molecule has 0 saturated carbocycles. The number of ether oxygens (including phenoxy) is 10. The highest BCUT2D eigenvalue weighted by molar-refractivity contribution is 5.59. The Kier molecular flexibility index (Phi) is 31.3. The molecule has 9 atom stereocenters. The maximum Gasteiger partial charge on any atom is 0.416 e. The fourth-order valence-electron chi connectivity index (χ4n) is 18.9. The lowest BCUT2D eigenvalue weighted by Crippen LogP contribution is -2.46. The highest BCUT2D eigenvalue weighted by Gasteiger charge is 2.48. The maximum atomic E-state index is 13.2. The molecule has 21 rings (SSSR count). The molecule has 6 aromatic heterocycles. The third kappa shape index (κ3) is 23.5. The van der Waals surface area contributed by atoms with Gasteiger partial charge in [-0.1, -0.05) is 45.0 Å². The lowest BCUT2D eigenvalue weighted by atomic mass is 10.0. The van der Waals surface area contributed by atoms with E-state index in [1.807, 2.05) is 168 Å². The third-order valence-electron chi connectivity index (χ3n) is 28.0. The molecular formula is C108H120F3N25O13. The topological polar surface area (TPSA) is 347 Å². The molecule has 0 aliphatic carbocycles. The first-order chi connectivity index (χ1) is 72.5. The second-order valence-corrected chi connectivity index (χ2v) is 37.4. The molecule has 6 saturated heterocycles. The summed E-state index contributed by atoms with van der Waals surface area (Å²) < 4.78 is 111. The molecule has 776 valence electrons. The van der Waals surface area contributed by atoms with E-state index in [1.165, 1.54) is 43.5 Å². The Hall–Kier alpha value is -15.7. The van der Waals surface area contributed by atoms with Gasteiger partial charge in [-0.25, -0.2) is 42.1 Å². The fraction of sp³-hybridized carbons (Fsp3) is 0.380. The third-order valence-corrected chi connectivity index (χ3v) is 28.0. The summed E-state index contributed by atoms with van der Waals surface area (Å²) in [6, 6.07) is 70.4. The molecular weight excluding hydrogens is 1910 g/mol. The summed E-state index contributed by atoms with van der Waals surface area (Å²) in [5.74, 6) is -0.555. The van der Waals surface area contributed by atoms with Crippen molar-refractivity contribution in [1.29, 1.82) is 5.26 Å². The molecule has 0 bridgehead atoms. The number of alkyl halides is 3. The van der Waals surface area contributed by atoms with E-state index in [9.17, 15) is 32.8 Å². The molecule has 149 heavy (non-hydrogen) atoms. The zero-order valence-corrected chi connectivity index (χ0v) is 84.0. The summed E-state index contributed by atoms with van der Waals surface area (Å²) in [6.07, 6.45) is 11.3. The average molecular weight is 2030 g/mol. The first-order valence-electron chi connectivity index (χ1n) is 50.3. The summed E-state index contributed by atoms with van der Waals surface area (Å²) >= 11 is 0. The van der Waals surface area contributed by atoms with Crippen molar-refractivity contribution < 1.29 is 60.5 Å². The Balaban J connectivity index is 0.000000140. The van der Waals surface area contributed by atoms with Crippen LogP contribution in [0.4, 0.5) is 47.3 Å². The quantitative estimate of drug-likeness (QED) is 0.0361. The number of halogens is 3. The summed E-state index contributed by atoms with van der Waals surface area (Å²) in [5.41, 5.74) is 10.7. The normalized spacial score (nSPS) is 20.0. The number of hydrogen-bond acceptors (Lipinski definition) is 29. The Bertz CT molecular complexity index is 7060. The minimum absolute atomic E-state index is 0.0453. The minimum Gasteiger partial charge on any atom is -0.497 e. The van der Waals surface area contributed by atoms with Crippen LogP contribution >= 0.6 is 0 Å². The van der Waals surface area contributed by atoms with Crippen LogP contribution < -0.4 is 65.4 Å². The molecule has 12 heterocycles. The van der Waals surface area contributed by atoms with Crippen LogP contribution in [0, 0.1) is 11.3 Å². The zero-order chi connectivity index (χ0) is 103. The van der Waals surface area contributed by atoms with Crippen LogP contribution in [0.3, 0.4) is 0 Å². The van der Waals surface area contributed by atoms with Gasteiger partial charge in [-0.3, -0.25) is 0 Å².